The Labute approximate surface area is 278 Å². The molecule has 0 fully saturated rings. The van der Waals surface area contributed by atoms with Crippen molar-refractivity contribution >= 4 is 7.26 Å². The van der Waals surface area contributed by atoms with Gasteiger partial charge in [-0.2, -0.15) is 22.0 Å². The van der Waals surface area contributed by atoms with E-state index < -0.39 is 32.3 Å². The van der Waals surface area contributed by atoms with Gasteiger partial charge in [0.05, 0.1) is 24.6 Å². The van der Waals surface area contributed by atoms with E-state index in [0.717, 1.165) is 0 Å². The van der Waals surface area contributed by atoms with Gasteiger partial charge in [0.15, 0.2) is 0 Å². The van der Waals surface area contributed by atoms with Crippen LogP contribution in [0.25, 0.3) is 0 Å². The van der Waals surface area contributed by atoms with Crippen LogP contribution in [0.4, 0.5) is 35.1 Å². The van der Waals surface area contributed by atoms with Crippen molar-refractivity contribution in [3.63, 3.8) is 0 Å². The molecule has 0 aliphatic carbocycles. The Morgan fingerprint density at radius 1 is 0.413 bits per heavy atom. The number of alkyl halides is 8. The summed E-state index contributed by atoms with van der Waals surface area (Å²) < 4.78 is 92.8. The Morgan fingerprint density at radius 2 is 0.652 bits per heavy atom. The van der Waals surface area contributed by atoms with Crippen LogP contribution in [0, 0.1) is 0 Å². The number of unbranched alkanes of at least 4 members (excludes halogenated alkanes) is 20. The molecule has 1 atom stereocenters. The maximum Gasteiger partial charge on any atom is 0.483 e. The summed E-state index contributed by atoms with van der Waals surface area (Å²) in [6.45, 7) is 9.41. The van der Waals surface area contributed by atoms with E-state index in [0.29, 0.717) is 0 Å². The van der Waals surface area contributed by atoms with Gasteiger partial charge >= 0.3 is 12.3 Å². The molecule has 0 aromatic rings. The maximum atomic E-state index is 11.6. The third-order valence-corrected chi connectivity index (χ3v) is 13.8. The molecule has 0 N–H and O–H groups in total. The molecule has 0 rings (SSSR count). The monoisotopic (exact) mass is 702 g/mol. The molecule has 1 unspecified atom stereocenters. The molecule has 0 heterocycles. The second-order valence-corrected chi connectivity index (χ2v) is 17.6. The largest absolute Gasteiger partial charge is 0.483 e. The molecule has 0 saturated carbocycles. The van der Waals surface area contributed by atoms with Crippen LogP contribution in [0.3, 0.4) is 0 Å². The fraction of sp³-hybridized carbons (Fsp3) is 1.00. The fourth-order valence-electron chi connectivity index (χ4n) is 5.84. The lowest BCUT2D eigenvalue weighted by Crippen LogP contribution is -2.42. The molecule has 0 saturated heterocycles. The molecule has 1 nitrogen and oxygen atoms in total. The van der Waals surface area contributed by atoms with Crippen molar-refractivity contribution in [2.75, 3.05) is 24.6 Å². The van der Waals surface area contributed by atoms with Crippen molar-refractivity contribution in [1.82, 2.24) is 0 Å². The van der Waals surface area contributed by atoms with Crippen LogP contribution in [0.15, 0.2) is 0 Å². The Morgan fingerprint density at radius 3 is 0.891 bits per heavy atom. The standard InChI is InChI=1S/C32H68P.C4H2F8O/c1-5-9-13-17-18-19-20-21-22-23-24-28-32-33(29-25-14-10-6-2,30-26-15-11-7-3)31-27-16-12-8-4;5-1(6)2(7)13-4(11,12)3(8,9)10/h5-32H2,1-4H3;1-2H/q+1;. The molecular formula is C36H70F8OP+. The molecule has 0 radical (unpaired) electrons. The van der Waals surface area contributed by atoms with Gasteiger partial charge in [-0.3, -0.25) is 4.74 Å². The van der Waals surface area contributed by atoms with Crippen molar-refractivity contribution in [2.45, 2.75) is 207 Å². The van der Waals surface area contributed by atoms with Crippen molar-refractivity contribution < 1.29 is 39.9 Å². The van der Waals surface area contributed by atoms with Crippen molar-refractivity contribution in [3.05, 3.63) is 0 Å². The minimum atomic E-state index is -6.22. The van der Waals surface area contributed by atoms with E-state index in [1.54, 1.807) is 50.3 Å². The van der Waals surface area contributed by atoms with Gasteiger partial charge in [-0.05, 0) is 51.4 Å². The van der Waals surface area contributed by atoms with Gasteiger partial charge in [0.2, 0.25) is 0 Å². The zero-order valence-electron chi connectivity index (χ0n) is 29.8. The van der Waals surface area contributed by atoms with E-state index >= 15 is 0 Å². The zero-order valence-corrected chi connectivity index (χ0v) is 30.7. The molecule has 0 amide bonds. The second-order valence-electron chi connectivity index (χ2n) is 13.1. The number of hydrogen-bond donors (Lipinski definition) is 0. The van der Waals surface area contributed by atoms with Crippen LogP contribution < -0.4 is 0 Å². The van der Waals surface area contributed by atoms with Gasteiger partial charge in [0.25, 0.3) is 12.8 Å². The predicted octanol–water partition coefficient (Wildman–Crippen LogP) is 15.2. The van der Waals surface area contributed by atoms with Gasteiger partial charge in [0.1, 0.15) is 0 Å². The van der Waals surface area contributed by atoms with Crippen LogP contribution in [-0.4, -0.2) is 49.7 Å². The maximum absolute atomic E-state index is 11.6. The van der Waals surface area contributed by atoms with Gasteiger partial charge in [-0.1, -0.05) is 130 Å². The van der Waals surface area contributed by atoms with Crippen molar-refractivity contribution in [3.8, 4) is 0 Å². The molecule has 280 valence electrons. The number of rotatable bonds is 31. The highest BCUT2D eigenvalue weighted by Crippen LogP contribution is 2.61. The predicted molar refractivity (Wildman–Crippen MR) is 183 cm³/mol. The SMILES string of the molecule is CCCCCCCCCCCCCC[P+](CCCCCC)(CCCCCC)CCCCCC.FC(F)C(F)OC(F)(F)C(F)(F)F. The molecule has 0 bridgehead atoms. The first-order valence-corrected chi connectivity index (χ1v) is 21.2. The summed E-state index contributed by atoms with van der Waals surface area (Å²) in [5.41, 5.74) is 0. The third kappa shape index (κ3) is 27.7. The van der Waals surface area contributed by atoms with Gasteiger partial charge < -0.3 is 0 Å². The van der Waals surface area contributed by atoms with Crippen LogP contribution >= 0.6 is 7.26 Å². The van der Waals surface area contributed by atoms with Crippen LogP contribution in [0.2, 0.25) is 0 Å². The highest BCUT2D eigenvalue weighted by Gasteiger charge is 2.61. The lowest BCUT2D eigenvalue weighted by atomic mass is 10.1. The Bertz CT molecular complexity index is 602. The van der Waals surface area contributed by atoms with Crippen LogP contribution in [0.5, 0.6) is 0 Å². The van der Waals surface area contributed by atoms with Gasteiger partial charge in [0, 0.05) is 7.26 Å². The average molecular weight is 702 g/mol. The highest BCUT2D eigenvalue weighted by atomic mass is 31.2. The summed E-state index contributed by atoms with van der Waals surface area (Å²) in [5, 5.41) is 0. The molecular weight excluding hydrogens is 631 g/mol. The topological polar surface area (TPSA) is 9.23 Å². The second kappa shape index (κ2) is 30.9. The summed E-state index contributed by atoms with van der Waals surface area (Å²) in [5.74, 6) is 0. The summed E-state index contributed by atoms with van der Waals surface area (Å²) in [6, 6.07) is 0. The Hall–Kier alpha value is -0.170. The highest BCUT2D eigenvalue weighted by molar-refractivity contribution is 7.75. The summed E-state index contributed by atoms with van der Waals surface area (Å²) >= 11 is 0. The molecule has 0 aliphatic heterocycles. The summed E-state index contributed by atoms with van der Waals surface area (Å²) in [6.07, 6.45) is 21.9. The molecule has 0 aliphatic rings. The van der Waals surface area contributed by atoms with Crippen LogP contribution in [0.1, 0.15) is 182 Å². The zero-order chi connectivity index (χ0) is 35.2. The normalized spacial score (nSPS) is 13.2. The lowest BCUT2D eigenvalue weighted by Gasteiger charge is -2.28. The number of ether oxygens (including phenoxy) is 1. The smallest absolute Gasteiger partial charge is 0.272 e. The van der Waals surface area contributed by atoms with Crippen molar-refractivity contribution in [2.24, 2.45) is 0 Å². The molecule has 0 spiro atoms. The average Bonchev–Trinajstić information content (AvgIpc) is 2.99. The van der Waals surface area contributed by atoms with Gasteiger partial charge in [-0.25, -0.2) is 13.2 Å². The van der Waals surface area contributed by atoms with Crippen molar-refractivity contribution in [1.29, 1.82) is 0 Å². The summed E-state index contributed by atoms with van der Waals surface area (Å²) in [4.78, 5) is 0. The Balaban J connectivity index is 0. The lowest BCUT2D eigenvalue weighted by molar-refractivity contribution is -0.420. The van der Waals surface area contributed by atoms with E-state index in [1.165, 1.54) is 128 Å². The minimum Gasteiger partial charge on any atom is -0.272 e. The molecule has 46 heavy (non-hydrogen) atoms. The van der Waals surface area contributed by atoms with E-state index in [-0.39, 0.29) is 0 Å². The minimum absolute atomic E-state index is 0.697. The first kappa shape index (κ1) is 47.9. The summed E-state index contributed by atoms with van der Waals surface area (Å²) in [7, 11) is -0.697. The molecule has 0 aromatic heterocycles. The fourth-order valence-corrected chi connectivity index (χ4v) is 10.8. The molecule has 0 aromatic carbocycles. The first-order chi connectivity index (χ1) is 21.8. The van der Waals surface area contributed by atoms with Gasteiger partial charge in [-0.15, -0.1) is 0 Å². The first-order valence-electron chi connectivity index (χ1n) is 18.7. The molecule has 10 heteroatoms. The van der Waals surface area contributed by atoms with E-state index in [9.17, 15) is 35.1 Å². The van der Waals surface area contributed by atoms with Crippen LogP contribution in [-0.2, 0) is 4.74 Å². The Kier molecular flexibility index (Phi) is 32.2. The number of hydrogen-bond acceptors (Lipinski definition) is 1. The quantitative estimate of drug-likeness (QED) is 0.0397. The van der Waals surface area contributed by atoms with E-state index in [2.05, 4.69) is 32.4 Å². The third-order valence-electron chi connectivity index (χ3n) is 8.73. The van der Waals surface area contributed by atoms with E-state index in [4.69, 9.17) is 0 Å². The number of halogens is 8. The van der Waals surface area contributed by atoms with E-state index in [1.807, 2.05) is 0 Å².